The molecule has 0 N–H and O–H groups in total. The summed E-state index contributed by atoms with van der Waals surface area (Å²) in [5.74, 6) is 0. The molecular formula is C28H40N2. The van der Waals surface area contributed by atoms with E-state index in [1.165, 1.54) is 66.8 Å². The van der Waals surface area contributed by atoms with Crippen molar-refractivity contribution in [3.05, 3.63) is 66.8 Å². The fourth-order valence-corrected chi connectivity index (χ4v) is 5.18. The van der Waals surface area contributed by atoms with Crippen molar-refractivity contribution >= 4 is 0 Å². The van der Waals surface area contributed by atoms with Crippen molar-refractivity contribution < 1.29 is 0 Å². The minimum atomic E-state index is -0.553. The quantitative estimate of drug-likeness (QED) is 0.555. The van der Waals surface area contributed by atoms with Gasteiger partial charge in [0.1, 0.15) is 0 Å². The summed E-state index contributed by atoms with van der Waals surface area (Å²) in [5, 5.41) is 10.3. The summed E-state index contributed by atoms with van der Waals surface area (Å²) in [4.78, 5) is 2.33. The molecule has 2 nitrogen and oxygen atoms in total. The molecule has 30 heavy (non-hydrogen) atoms. The maximum atomic E-state index is 10.3. The zero-order valence-corrected chi connectivity index (χ0v) is 21.3. The topological polar surface area (TPSA) is 27.0 Å². The lowest BCUT2D eigenvalue weighted by molar-refractivity contribution is 0.279. The lowest BCUT2D eigenvalue weighted by Gasteiger charge is -2.33. The first-order chi connectivity index (χ1) is 13.8. The van der Waals surface area contributed by atoms with Gasteiger partial charge in [0.2, 0.25) is 0 Å². The van der Waals surface area contributed by atoms with Gasteiger partial charge in [-0.25, -0.2) is 0 Å². The monoisotopic (exact) mass is 404 g/mol. The lowest BCUT2D eigenvalue weighted by Crippen LogP contribution is -2.37. The van der Waals surface area contributed by atoms with Gasteiger partial charge in [-0.15, -0.1) is 0 Å². The van der Waals surface area contributed by atoms with E-state index < -0.39 is 5.41 Å². The van der Waals surface area contributed by atoms with Crippen LogP contribution in [0.2, 0.25) is 0 Å². The molecule has 0 saturated heterocycles. The van der Waals surface area contributed by atoms with Gasteiger partial charge >= 0.3 is 0 Å². The molecule has 1 atom stereocenters. The first-order valence-corrected chi connectivity index (χ1v) is 11.0. The molecule has 0 aliphatic carbocycles. The van der Waals surface area contributed by atoms with Gasteiger partial charge in [0.25, 0.3) is 0 Å². The Hall–Kier alpha value is -2.11. The minimum Gasteiger partial charge on any atom is -0.300 e. The summed E-state index contributed by atoms with van der Waals surface area (Å²) in [6, 6.07) is 2.69. The van der Waals surface area contributed by atoms with Crippen LogP contribution in [-0.4, -0.2) is 18.5 Å². The molecule has 0 aliphatic heterocycles. The molecule has 162 valence electrons. The zero-order chi connectivity index (χ0) is 23.1. The Morgan fingerprint density at radius 2 is 0.967 bits per heavy atom. The van der Waals surface area contributed by atoms with Crippen LogP contribution in [0.5, 0.6) is 0 Å². The summed E-state index contributed by atoms with van der Waals surface area (Å²) in [6.45, 7) is 25.8. The standard InChI is InChI=1S/C28H40N2/c1-16-18(3)22(7)26(23(8)19(16)4)13-30(12)15-28(11,14-29)27-24(9)20(5)17(2)21(6)25(27)10/h13,15H2,1-12H3. The third-order valence-electron chi connectivity index (χ3n) is 7.97. The van der Waals surface area contributed by atoms with Crippen LogP contribution in [0.4, 0.5) is 0 Å². The van der Waals surface area contributed by atoms with Gasteiger partial charge < -0.3 is 4.90 Å². The molecule has 0 fully saturated rings. The number of hydrogen-bond acceptors (Lipinski definition) is 2. The second-order valence-corrected chi connectivity index (χ2v) is 9.72. The normalized spacial score (nSPS) is 13.5. The SMILES string of the molecule is Cc1c(C)c(C)c(CN(C)CC(C)(C#N)c2c(C)c(C)c(C)c(C)c2C)c(C)c1C. The molecule has 0 heterocycles. The summed E-state index contributed by atoms with van der Waals surface area (Å²) < 4.78 is 0. The van der Waals surface area contributed by atoms with Crippen LogP contribution in [0.15, 0.2) is 0 Å². The second-order valence-electron chi connectivity index (χ2n) is 9.72. The maximum absolute atomic E-state index is 10.3. The van der Waals surface area contributed by atoms with E-state index in [0.717, 1.165) is 6.54 Å². The van der Waals surface area contributed by atoms with Gasteiger partial charge in [-0.05, 0) is 150 Å². The van der Waals surface area contributed by atoms with Crippen LogP contribution in [-0.2, 0) is 12.0 Å². The fraction of sp³-hybridized carbons (Fsp3) is 0.536. The van der Waals surface area contributed by atoms with Crippen LogP contribution in [0, 0.1) is 80.6 Å². The number of nitriles is 1. The van der Waals surface area contributed by atoms with E-state index in [-0.39, 0.29) is 0 Å². The molecule has 0 radical (unpaired) electrons. The highest BCUT2D eigenvalue weighted by Gasteiger charge is 2.33. The molecule has 0 spiro atoms. The Morgan fingerprint density at radius 1 is 0.633 bits per heavy atom. The predicted octanol–water partition coefficient (Wildman–Crippen LogP) is 6.68. The van der Waals surface area contributed by atoms with E-state index in [1.54, 1.807) is 0 Å². The molecule has 0 saturated carbocycles. The van der Waals surface area contributed by atoms with Gasteiger partial charge in [-0.3, -0.25) is 0 Å². The van der Waals surface area contributed by atoms with Crippen molar-refractivity contribution in [3.8, 4) is 6.07 Å². The molecule has 0 aromatic heterocycles. The zero-order valence-electron chi connectivity index (χ0n) is 21.3. The molecule has 2 aromatic rings. The van der Waals surface area contributed by atoms with Gasteiger partial charge in [0, 0.05) is 13.1 Å². The number of hydrogen-bond donors (Lipinski definition) is 0. The van der Waals surface area contributed by atoms with E-state index in [0.29, 0.717) is 6.54 Å². The third-order valence-corrected chi connectivity index (χ3v) is 7.97. The van der Waals surface area contributed by atoms with Gasteiger partial charge in [0.15, 0.2) is 0 Å². The number of benzene rings is 2. The van der Waals surface area contributed by atoms with Crippen molar-refractivity contribution in [2.24, 2.45) is 0 Å². The first-order valence-electron chi connectivity index (χ1n) is 11.0. The van der Waals surface area contributed by atoms with Crippen molar-refractivity contribution in [2.75, 3.05) is 13.6 Å². The minimum absolute atomic E-state index is 0.553. The van der Waals surface area contributed by atoms with Crippen LogP contribution >= 0.6 is 0 Å². The molecular weight excluding hydrogens is 364 g/mol. The average Bonchev–Trinajstić information content (AvgIpc) is 2.71. The largest absolute Gasteiger partial charge is 0.300 e. The predicted molar refractivity (Wildman–Crippen MR) is 130 cm³/mol. The molecule has 1 unspecified atom stereocenters. The van der Waals surface area contributed by atoms with Gasteiger partial charge in [-0.1, -0.05) is 0 Å². The molecule has 2 aromatic carbocycles. The van der Waals surface area contributed by atoms with E-state index in [9.17, 15) is 5.26 Å². The Labute approximate surface area is 184 Å². The number of nitrogens with zero attached hydrogens (tertiary/aromatic N) is 2. The number of rotatable bonds is 5. The third kappa shape index (κ3) is 3.93. The van der Waals surface area contributed by atoms with Crippen molar-refractivity contribution in [2.45, 2.75) is 88.1 Å². The van der Waals surface area contributed by atoms with Crippen LogP contribution in [0.3, 0.4) is 0 Å². The van der Waals surface area contributed by atoms with Gasteiger partial charge in [0.05, 0.1) is 11.5 Å². The summed E-state index contributed by atoms with van der Waals surface area (Å²) >= 11 is 0. The van der Waals surface area contributed by atoms with E-state index in [1.807, 2.05) is 0 Å². The van der Waals surface area contributed by atoms with E-state index in [2.05, 4.69) is 94.2 Å². The van der Waals surface area contributed by atoms with Crippen LogP contribution in [0.25, 0.3) is 0 Å². The molecule has 0 aliphatic rings. The molecule has 2 rings (SSSR count). The Kier molecular flexibility index (Phi) is 6.89. The van der Waals surface area contributed by atoms with Gasteiger partial charge in [-0.2, -0.15) is 5.26 Å². The number of likely N-dealkylation sites (N-methyl/N-ethyl adjacent to an activating group) is 1. The van der Waals surface area contributed by atoms with E-state index in [4.69, 9.17) is 0 Å². The Bertz CT molecular complexity index is 978. The Morgan fingerprint density at radius 3 is 1.33 bits per heavy atom. The molecule has 0 amide bonds. The highest BCUT2D eigenvalue weighted by molar-refractivity contribution is 5.54. The summed E-state index contributed by atoms with van der Waals surface area (Å²) in [7, 11) is 2.15. The molecule has 0 bridgehead atoms. The highest BCUT2D eigenvalue weighted by Crippen LogP contribution is 2.36. The van der Waals surface area contributed by atoms with Crippen LogP contribution in [0.1, 0.15) is 73.7 Å². The molecule has 2 heteroatoms. The smallest absolute Gasteiger partial charge is 0.0926 e. The van der Waals surface area contributed by atoms with Crippen molar-refractivity contribution in [1.82, 2.24) is 4.90 Å². The first kappa shape index (κ1) is 24.2. The average molecular weight is 405 g/mol. The van der Waals surface area contributed by atoms with E-state index >= 15 is 0 Å². The Balaban J connectivity index is 2.49. The summed E-state index contributed by atoms with van der Waals surface area (Å²) in [6.07, 6.45) is 0. The summed E-state index contributed by atoms with van der Waals surface area (Å²) in [5.41, 5.74) is 15.5. The van der Waals surface area contributed by atoms with Crippen molar-refractivity contribution in [1.29, 1.82) is 5.26 Å². The second kappa shape index (κ2) is 8.56. The lowest BCUT2D eigenvalue weighted by atomic mass is 9.75. The highest BCUT2D eigenvalue weighted by atomic mass is 15.1. The van der Waals surface area contributed by atoms with Crippen LogP contribution < -0.4 is 0 Å². The maximum Gasteiger partial charge on any atom is 0.0926 e. The fourth-order valence-electron chi connectivity index (χ4n) is 5.18. The van der Waals surface area contributed by atoms with Crippen molar-refractivity contribution in [3.63, 3.8) is 0 Å².